The molecule has 10 heteroatoms. The van der Waals surface area contributed by atoms with Gasteiger partial charge in [-0.1, -0.05) is 44.7 Å². The molecule has 33 heavy (non-hydrogen) atoms. The molecule has 0 aliphatic rings. The second-order valence-corrected chi connectivity index (χ2v) is 11.5. The highest BCUT2D eigenvalue weighted by Crippen LogP contribution is 2.33. The normalized spacial score (nSPS) is 12.9. The number of thiophene rings is 1. The third-order valence-corrected chi connectivity index (χ3v) is 7.72. The second-order valence-electron chi connectivity index (χ2n) is 9.01. The Morgan fingerprint density at radius 2 is 1.91 bits per heavy atom. The van der Waals surface area contributed by atoms with Gasteiger partial charge in [0.05, 0.1) is 10.6 Å². The predicted octanol–water partition coefficient (Wildman–Crippen LogP) is 4.64. The monoisotopic (exact) mass is 484 g/mol. The van der Waals surface area contributed by atoms with Crippen molar-refractivity contribution in [1.29, 1.82) is 0 Å². The predicted molar refractivity (Wildman–Crippen MR) is 134 cm³/mol. The lowest BCUT2D eigenvalue weighted by molar-refractivity contribution is 0.291. The number of aromatic nitrogens is 5. The number of nitrogens with two attached hydrogens (primary N) is 1. The highest BCUT2D eigenvalue weighted by atomic mass is 32.2. The first kappa shape index (κ1) is 23.3. The molecule has 0 bridgehead atoms. The average Bonchev–Trinajstić information content (AvgIpc) is 3.25. The summed E-state index contributed by atoms with van der Waals surface area (Å²) in [7, 11) is 0. The zero-order valence-electron chi connectivity index (χ0n) is 19.6. The third-order valence-electron chi connectivity index (χ3n) is 5.55. The van der Waals surface area contributed by atoms with E-state index in [0.717, 1.165) is 21.0 Å². The summed E-state index contributed by atoms with van der Waals surface area (Å²) < 4.78 is 7.27. The minimum atomic E-state index is -0.171. The molecule has 0 amide bonds. The number of nitrogens with zero attached hydrogens (tertiary/aromatic N) is 4. The van der Waals surface area contributed by atoms with E-state index in [-0.39, 0.29) is 22.8 Å². The molecular weight excluding hydrogens is 456 g/mol. The van der Waals surface area contributed by atoms with Gasteiger partial charge >= 0.3 is 0 Å². The summed E-state index contributed by atoms with van der Waals surface area (Å²) in [6, 6.07) is 8.02. The van der Waals surface area contributed by atoms with Crippen molar-refractivity contribution in [2.24, 2.45) is 0 Å². The number of ether oxygens (including phenoxy) is 1. The van der Waals surface area contributed by atoms with Gasteiger partial charge in [-0.05, 0) is 49.4 Å². The van der Waals surface area contributed by atoms with Gasteiger partial charge in [0.2, 0.25) is 5.16 Å². The summed E-state index contributed by atoms with van der Waals surface area (Å²) in [4.78, 5) is 22.0. The molecule has 174 valence electrons. The number of hydrogen-bond donors (Lipinski definition) is 2. The molecule has 0 saturated carbocycles. The molecule has 3 aromatic heterocycles. The van der Waals surface area contributed by atoms with Crippen LogP contribution in [0.2, 0.25) is 0 Å². The first-order chi connectivity index (χ1) is 15.5. The van der Waals surface area contributed by atoms with Gasteiger partial charge in [0.1, 0.15) is 23.0 Å². The van der Waals surface area contributed by atoms with Crippen molar-refractivity contribution in [3.8, 4) is 5.75 Å². The molecule has 0 aliphatic carbocycles. The van der Waals surface area contributed by atoms with E-state index in [4.69, 9.17) is 10.6 Å². The van der Waals surface area contributed by atoms with Crippen LogP contribution in [-0.2, 0) is 12.0 Å². The van der Waals surface area contributed by atoms with Crippen LogP contribution in [0.5, 0.6) is 5.75 Å². The van der Waals surface area contributed by atoms with Crippen LogP contribution in [0.1, 0.15) is 60.6 Å². The molecule has 1 atom stereocenters. The zero-order valence-corrected chi connectivity index (χ0v) is 21.2. The third kappa shape index (κ3) is 4.77. The Kier molecular flexibility index (Phi) is 6.24. The molecule has 1 aromatic carbocycles. The van der Waals surface area contributed by atoms with Crippen molar-refractivity contribution < 1.29 is 4.74 Å². The summed E-state index contributed by atoms with van der Waals surface area (Å²) >= 11 is 2.91. The van der Waals surface area contributed by atoms with Gasteiger partial charge in [0, 0.05) is 4.88 Å². The molecular formula is C23H28N6O2S2. The van der Waals surface area contributed by atoms with Gasteiger partial charge in [-0.2, -0.15) is 0 Å². The molecule has 4 aromatic rings. The van der Waals surface area contributed by atoms with Gasteiger partial charge in [-0.15, -0.1) is 21.5 Å². The van der Waals surface area contributed by atoms with E-state index in [1.807, 2.05) is 32.9 Å². The molecule has 0 spiro atoms. The summed E-state index contributed by atoms with van der Waals surface area (Å²) in [6.07, 6.45) is 0. The van der Waals surface area contributed by atoms with Crippen molar-refractivity contribution in [3.05, 3.63) is 62.3 Å². The maximum absolute atomic E-state index is 12.6. The summed E-state index contributed by atoms with van der Waals surface area (Å²) in [5.74, 6) is 8.05. The Hall–Kier alpha value is -2.85. The number of nitrogen functional groups attached to an aromatic ring is 1. The number of thioether (sulfide) groups is 1. The molecule has 0 saturated heterocycles. The minimum absolute atomic E-state index is 0.0869. The van der Waals surface area contributed by atoms with E-state index in [1.54, 1.807) is 0 Å². The van der Waals surface area contributed by atoms with Crippen LogP contribution in [-0.4, -0.2) is 24.8 Å². The number of fused-ring (bicyclic) bond motifs is 1. The standard InChI is InChI=1S/C23H28N6O2S2/c1-12-13(2)32-21-18(12)20(30)25-19(26-21)14(3)33-22-28-27-17(29(22)24)11-31-16-9-7-15(8-10-16)23(4,5)6/h7-10,14H,11,24H2,1-6H3,(H,25,26,30)/t14-/m1/s1. The van der Waals surface area contributed by atoms with Crippen LogP contribution in [0.4, 0.5) is 0 Å². The zero-order chi connectivity index (χ0) is 23.9. The summed E-state index contributed by atoms with van der Waals surface area (Å²) in [6.45, 7) is 12.6. The number of nitrogens with one attached hydrogen (secondary N) is 1. The quantitative estimate of drug-likeness (QED) is 0.303. The Bertz CT molecular complexity index is 1350. The first-order valence-electron chi connectivity index (χ1n) is 10.6. The fraction of sp³-hybridized carbons (Fsp3) is 0.391. The molecule has 0 radical (unpaired) electrons. The molecule has 3 N–H and O–H groups in total. The van der Waals surface area contributed by atoms with E-state index in [0.29, 0.717) is 22.2 Å². The van der Waals surface area contributed by atoms with Crippen molar-refractivity contribution in [1.82, 2.24) is 24.8 Å². The molecule has 4 rings (SSSR count). The average molecular weight is 485 g/mol. The highest BCUT2D eigenvalue weighted by molar-refractivity contribution is 7.99. The van der Waals surface area contributed by atoms with Crippen LogP contribution in [0, 0.1) is 13.8 Å². The lowest BCUT2D eigenvalue weighted by Crippen LogP contribution is -2.17. The molecule has 0 unspecified atom stereocenters. The second kappa shape index (κ2) is 8.83. The van der Waals surface area contributed by atoms with Crippen molar-refractivity contribution in [2.45, 2.75) is 64.0 Å². The van der Waals surface area contributed by atoms with Crippen LogP contribution < -0.4 is 16.1 Å². The van der Waals surface area contributed by atoms with Gasteiger partial charge in [0.15, 0.2) is 5.82 Å². The SMILES string of the molecule is Cc1sc2nc([C@@H](C)Sc3nnc(COc4ccc(C(C)(C)C)cc4)n3N)[nH]c(=O)c2c1C. The summed E-state index contributed by atoms with van der Waals surface area (Å²) in [5.41, 5.74) is 2.19. The number of aryl methyl sites for hydroxylation is 2. The van der Waals surface area contributed by atoms with E-state index in [2.05, 4.69) is 53.1 Å². The topological polar surface area (TPSA) is 112 Å². The minimum Gasteiger partial charge on any atom is -0.486 e. The van der Waals surface area contributed by atoms with Crippen molar-refractivity contribution >= 4 is 33.3 Å². The Balaban J connectivity index is 1.45. The number of hydrogen-bond acceptors (Lipinski definition) is 8. The van der Waals surface area contributed by atoms with Crippen molar-refractivity contribution in [2.75, 3.05) is 5.84 Å². The van der Waals surface area contributed by atoms with Gasteiger partial charge in [-0.25, -0.2) is 9.66 Å². The fourth-order valence-electron chi connectivity index (χ4n) is 3.36. The van der Waals surface area contributed by atoms with Crippen LogP contribution in [0.25, 0.3) is 10.2 Å². The molecule has 0 aliphatic heterocycles. The van der Waals surface area contributed by atoms with Crippen LogP contribution in [0.3, 0.4) is 0 Å². The molecule has 3 heterocycles. The number of H-pyrrole nitrogens is 1. The summed E-state index contributed by atoms with van der Waals surface area (Å²) in [5, 5.41) is 9.38. The maximum atomic E-state index is 12.6. The Morgan fingerprint density at radius 1 is 1.21 bits per heavy atom. The molecule has 0 fully saturated rings. The fourth-order valence-corrected chi connectivity index (χ4v) is 5.25. The van der Waals surface area contributed by atoms with E-state index < -0.39 is 0 Å². The number of benzene rings is 1. The lowest BCUT2D eigenvalue weighted by Gasteiger charge is -2.19. The van der Waals surface area contributed by atoms with Gasteiger partial charge < -0.3 is 15.6 Å². The Labute approximate surface area is 200 Å². The Morgan fingerprint density at radius 3 is 2.58 bits per heavy atom. The van der Waals surface area contributed by atoms with E-state index in [9.17, 15) is 4.79 Å². The van der Waals surface area contributed by atoms with E-state index >= 15 is 0 Å². The van der Waals surface area contributed by atoms with Crippen LogP contribution in [0.15, 0.2) is 34.2 Å². The van der Waals surface area contributed by atoms with Crippen LogP contribution >= 0.6 is 23.1 Å². The first-order valence-corrected chi connectivity index (χ1v) is 12.3. The van der Waals surface area contributed by atoms with Gasteiger partial charge in [0.25, 0.3) is 5.56 Å². The van der Waals surface area contributed by atoms with Gasteiger partial charge in [-0.3, -0.25) is 4.79 Å². The lowest BCUT2D eigenvalue weighted by atomic mass is 9.87. The highest BCUT2D eigenvalue weighted by Gasteiger charge is 2.20. The van der Waals surface area contributed by atoms with Crippen molar-refractivity contribution in [3.63, 3.8) is 0 Å². The smallest absolute Gasteiger partial charge is 0.259 e. The number of rotatable bonds is 6. The largest absolute Gasteiger partial charge is 0.486 e. The number of aromatic amines is 1. The maximum Gasteiger partial charge on any atom is 0.259 e. The van der Waals surface area contributed by atoms with E-state index in [1.165, 1.54) is 33.3 Å². The molecule has 8 nitrogen and oxygen atoms in total.